The number of amides is 3. The molecule has 2 aromatic carbocycles. The van der Waals surface area contributed by atoms with Gasteiger partial charge >= 0.3 is 0 Å². The molecule has 0 atom stereocenters. The number of thioether (sulfide) groups is 1. The van der Waals surface area contributed by atoms with Crippen molar-refractivity contribution in [1.82, 2.24) is 10.2 Å². The van der Waals surface area contributed by atoms with E-state index in [0.29, 0.717) is 27.5 Å². The van der Waals surface area contributed by atoms with Crippen LogP contribution in [0.25, 0.3) is 6.08 Å². The van der Waals surface area contributed by atoms with E-state index in [1.807, 2.05) is 0 Å². The first-order valence-corrected chi connectivity index (χ1v) is 9.97. The van der Waals surface area contributed by atoms with Crippen LogP contribution < -0.4 is 14.8 Å². The average Bonchev–Trinajstić information content (AvgIpc) is 3.27. The van der Waals surface area contributed by atoms with Crippen LogP contribution in [0.4, 0.5) is 9.18 Å². The molecular weight excluding hydrogens is 411 g/mol. The van der Waals surface area contributed by atoms with E-state index in [2.05, 4.69) is 5.32 Å². The van der Waals surface area contributed by atoms with Gasteiger partial charge in [0.2, 0.25) is 12.7 Å². The molecule has 1 N–H and O–H groups in total. The molecule has 30 heavy (non-hydrogen) atoms. The lowest BCUT2D eigenvalue weighted by molar-refractivity contribution is -0.124. The second-order valence-corrected chi connectivity index (χ2v) is 7.60. The quantitative estimate of drug-likeness (QED) is 0.713. The maximum absolute atomic E-state index is 13.2. The van der Waals surface area contributed by atoms with Crippen molar-refractivity contribution in [3.8, 4) is 11.5 Å². The first-order chi connectivity index (χ1) is 14.5. The molecule has 3 amide bonds. The first-order valence-electron chi connectivity index (χ1n) is 9.16. The molecule has 0 aliphatic carbocycles. The Morgan fingerprint density at radius 3 is 2.83 bits per heavy atom. The van der Waals surface area contributed by atoms with Gasteiger partial charge in [-0.25, -0.2) is 4.39 Å². The van der Waals surface area contributed by atoms with Crippen LogP contribution in [0.15, 0.2) is 47.4 Å². The minimum atomic E-state index is -0.415. The minimum Gasteiger partial charge on any atom is -0.454 e. The largest absolute Gasteiger partial charge is 0.454 e. The van der Waals surface area contributed by atoms with Crippen molar-refractivity contribution >= 4 is 34.9 Å². The highest BCUT2D eigenvalue weighted by molar-refractivity contribution is 8.18. The van der Waals surface area contributed by atoms with Crippen LogP contribution in [0.5, 0.6) is 11.5 Å². The number of rotatable bonds is 6. The van der Waals surface area contributed by atoms with Crippen LogP contribution >= 0.6 is 11.8 Å². The van der Waals surface area contributed by atoms with E-state index in [9.17, 15) is 18.8 Å². The fourth-order valence-corrected chi connectivity index (χ4v) is 3.91. The number of carbonyl (C=O) groups is 3. The molecule has 0 unspecified atom stereocenters. The Morgan fingerprint density at radius 1 is 1.17 bits per heavy atom. The minimum absolute atomic E-state index is 0.0175. The molecule has 0 radical (unpaired) electrons. The molecule has 2 aliphatic heterocycles. The molecule has 0 bridgehead atoms. The van der Waals surface area contributed by atoms with Crippen molar-refractivity contribution in [2.75, 3.05) is 19.9 Å². The zero-order valence-corrected chi connectivity index (χ0v) is 16.5. The number of imide groups is 1. The number of carbonyl (C=O) groups excluding carboxylic acids is 3. The van der Waals surface area contributed by atoms with Gasteiger partial charge in [-0.05, 0) is 53.2 Å². The van der Waals surface area contributed by atoms with Gasteiger partial charge in [0.15, 0.2) is 11.5 Å². The van der Waals surface area contributed by atoms with Gasteiger partial charge in [0, 0.05) is 13.1 Å². The van der Waals surface area contributed by atoms with E-state index in [-0.39, 0.29) is 32.2 Å². The van der Waals surface area contributed by atoms with E-state index in [4.69, 9.17) is 9.47 Å². The zero-order chi connectivity index (χ0) is 21.1. The highest BCUT2D eigenvalue weighted by Crippen LogP contribution is 2.36. The summed E-state index contributed by atoms with van der Waals surface area (Å²) in [6.45, 7) is 0.321. The number of fused-ring (bicyclic) bond motifs is 1. The Balaban J connectivity index is 1.32. The lowest BCUT2D eigenvalue weighted by Crippen LogP contribution is -2.37. The molecule has 2 heterocycles. The third-order valence-electron chi connectivity index (χ3n) is 4.48. The molecule has 7 nitrogen and oxygen atoms in total. The van der Waals surface area contributed by atoms with Gasteiger partial charge in [0.25, 0.3) is 11.1 Å². The summed E-state index contributed by atoms with van der Waals surface area (Å²) in [7, 11) is 0. The molecular formula is C21H17FN2O5S. The Kier molecular flexibility index (Phi) is 5.71. The van der Waals surface area contributed by atoms with Gasteiger partial charge in [-0.15, -0.1) is 0 Å². The van der Waals surface area contributed by atoms with Gasteiger partial charge in [0.05, 0.1) is 11.3 Å². The van der Waals surface area contributed by atoms with Crippen molar-refractivity contribution in [1.29, 1.82) is 0 Å². The summed E-state index contributed by atoms with van der Waals surface area (Å²) >= 11 is 0.845. The van der Waals surface area contributed by atoms with Crippen LogP contribution in [0.3, 0.4) is 0 Å². The van der Waals surface area contributed by atoms with Crippen molar-refractivity contribution in [3.05, 3.63) is 64.3 Å². The molecule has 1 fully saturated rings. The van der Waals surface area contributed by atoms with Crippen molar-refractivity contribution in [2.24, 2.45) is 0 Å². The lowest BCUT2D eigenvalue weighted by atomic mass is 10.1. The maximum Gasteiger partial charge on any atom is 0.293 e. The third kappa shape index (κ3) is 4.46. The van der Waals surface area contributed by atoms with Crippen molar-refractivity contribution < 1.29 is 28.2 Å². The summed E-state index contributed by atoms with van der Waals surface area (Å²) in [5, 5.41) is 2.25. The number of nitrogens with one attached hydrogen (secondary N) is 1. The Labute approximate surface area is 175 Å². The van der Waals surface area contributed by atoms with E-state index < -0.39 is 17.0 Å². The number of hydrogen-bond donors (Lipinski definition) is 1. The second kappa shape index (κ2) is 8.58. The van der Waals surface area contributed by atoms with Crippen molar-refractivity contribution in [3.63, 3.8) is 0 Å². The fraction of sp³-hybridized carbons (Fsp3) is 0.190. The monoisotopic (exact) mass is 428 g/mol. The summed E-state index contributed by atoms with van der Waals surface area (Å²) in [6, 6.07) is 11.0. The summed E-state index contributed by atoms with van der Waals surface area (Å²) in [4.78, 5) is 38.2. The van der Waals surface area contributed by atoms with E-state index in [1.165, 1.54) is 18.2 Å². The molecule has 2 aromatic rings. The number of benzene rings is 2. The molecule has 1 saturated heterocycles. The Hall–Kier alpha value is -3.33. The predicted octanol–water partition coefficient (Wildman–Crippen LogP) is 2.95. The summed E-state index contributed by atoms with van der Waals surface area (Å²) in [6.07, 6.45) is 1.64. The van der Waals surface area contributed by atoms with E-state index >= 15 is 0 Å². The topological polar surface area (TPSA) is 84.9 Å². The SMILES string of the molecule is O=C(Cc1cccc(F)c1)NCCN1C(=O)S/C(=C\c2ccc3c(c2)OCO3)C1=O. The van der Waals surface area contributed by atoms with Crippen LogP contribution in [-0.4, -0.2) is 41.8 Å². The van der Waals surface area contributed by atoms with Crippen LogP contribution in [-0.2, 0) is 16.0 Å². The fourth-order valence-electron chi connectivity index (χ4n) is 3.05. The lowest BCUT2D eigenvalue weighted by Gasteiger charge is -2.13. The summed E-state index contributed by atoms with van der Waals surface area (Å²) in [5.41, 5.74) is 1.26. The number of halogens is 1. The first kappa shape index (κ1) is 20.0. The third-order valence-corrected chi connectivity index (χ3v) is 5.39. The number of nitrogens with zero attached hydrogens (tertiary/aromatic N) is 1. The van der Waals surface area contributed by atoms with Gasteiger partial charge in [-0.3, -0.25) is 19.3 Å². The predicted molar refractivity (Wildman–Crippen MR) is 108 cm³/mol. The van der Waals surface area contributed by atoms with Gasteiger partial charge < -0.3 is 14.8 Å². The molecule has 4 rings (SSSR count). The molecule has 154 valence electrons. The molecule has 9 heteroatoms. The van der Waals surface area contributed by atoms with Crippen LogP contribution in [0, 0.1) is 5.82 Å². The van der Waals surface area contributed by atoms with Gasteiger partial charge in [-0.2, -0.15) is 0 Å². The van der Waals surface area contributed by atoms with Crippen molar-refractivity contribution in [2.45, 2.75) is 6.42 Å². The van der Waals surface area contributed by atoms with Gasteiger partial charge in [0.1, 0.15) is 5.82 Å². The van der Waals surface area contributed by atoms with Gasteiger partial charge in [-0.1, -0.05) is 18.2 Å². The number of hydrogen-bond acceptors (Lipinski definition) is 6. The highest BCUT2D eigenvalue weighted by atomic mass is 32.2. The average molecular weight is 428 g/mol. The van der Waals surface area contributed by atoms with E-state index in [1.54, 1.807) is 30.3 Å². The standard InChI is InChI=1S/C21H17FN2O5S/c22-15-3-1-2-13(8-15)11-19(25)23-6-7-24-20(26)18(30-21(24)27)10-14-4-5-16-17(9-14)29-12-28-16/h1-5,8-10H,6-7,11-12H2,(H,23,25)/b18-10-. The summed E-state index contributed by atoms with van der Waals surface area (Å²) < 4.78 is 23.8. The Morgan fingerprint density at radius 2 is 2.00 bits per heavy atom. The van der Waals surface area contributed by atoms with Crippen LogP contribution in [0.1, 0.15) is 11.1 Å². The van der Waals surface area contributed by atoms with Crippen LogP contribution in [0.2, 0.25) is 0 Å². The highest BCUT2D eigenvalue weighted by Gasteiger charge is 2.34. The molecule has 0 saturated carbocycles. The smallest absolute Gasteiger partial charge is 0.293 e. The normalized spacial score (nSPS) is 16.4. The summed E-state index contributed by atoms with van der Waals surface area (Å²) in [5.74, 6) is 0.0797. The molecule has 0 spiro atoms. The Bertz CT molecular complexity index is 1060. The zero-order valence-electron chi connectivity index (χ0n) is 15.7. The second-order valence-electron chi connectivity index (χ2n) is 6.60. The molecule has 2 aliphatic rings. The van der Waals surface area contributed by atoms with E-state index in [0.717, 1.165) is 16.7 Å². The molecule has 0 aromatic heterocycles. The maximum atomic E-state index is 13.2. The number of ether oxygens (including phenoxy) is 2.